The van der Waals surface area contributed by atoms with Crippen LogP contribution in [-0.4, -0.2) is 58.3 Å². The van der Waals surface area contributed by atoms with Gasteiger partial charge in [-0.1, -0.05) is 0 Å². The van der Waals surface area contributed by atoms with E-state index in [0.29, 0.717) is 6.04 Å². The van der Waals surface area contributed by atoms with Gasteiger partial charge in [0.2, 0.25) is 0 Å². The van der Waals surface area contributed by atoms with Crippen molar-refractivity contribution in [1.82, 2.24) is 19.6 Å². The first kappa shape index (κ1) is 13.5. The first-order valence-corrected chi connectivity index (χ1v) is 6.76. The molecule has 1 aliphatic rings. The number of aromatic nitrogens is 2. The Labute approximate surface area is 110 Å². The van der Waals surface area contributed by atoms with Crippen molar-refractivity contribution in [3.05, 3.63) is 17.5 Å². The van der Waals surface area contributed by atoms with Gasteiger partial charge in [0.05, 0.1) is 11.4 Å². The molecule has 0 radical (unpaired) electrons. The van der Waals surface area contributed by atoms with Gasteiger partial charge in [0.15, 0.2) is 0 Å². The minimum Gasteiger partial charge on any atom is -0.329 e. The molecule has 1 saturated heterocycles. The van der Waals surface area contributed by atoms with E-state index in [0.717, 1.165) is 45.0 Å². The zero-order chi connectivity index (χ0) is 13.1. The van der Waals surface area contributed by atoms with E-state index in [1.165, 1.54) is 5.69 Å². The third kappa shape index (κ3) is 3.10. The molecule has 0 spiro atoms. The maximum Gasteiger partial charge on any atom is 0.0597 e. The van der Waals surface area contributed by atoms with Crippen LogP contribution in [0, 0.1) is 6.92 Å². The molecule has 1 atom stereocenters. The Morgan fingerprint density at radius 1 is 1.33 bits per heavy atom. The number of hydrogen-bond donors (Lipinski definition) is 1. The molecule has 2 N–H and O–H groups in total. The highest BCUT2D eigenvalue weighted by Crippen LogP contribution is 2.10. The molecule has 0 aliphatic carbocycles. The quantitative estimate of drug-likeness (QED) is 0.830. The molecule has 1 aromatic rings. The highest BCUT2D eigenvalue weighted by atomic mass is 15.3. The molecule has 18 heavy (non-hydrogen) atoms. The fraction of sp³-hybridized carbons (Fsp3) is 0.769. The topological polar surface area (TPSA) is 50.3 Å². The van der Waals surface area contributed by atoms with Crippen molar-refractivity contribution in [1.29, 1.82) is 0 Å². The predicted octanol–water partition coefficient (Wildman–Crippen LogP) is 0.193. The fourth-order valence-corrected chi connectivity index (χ4v) is 2.55. The number of nitrogens with zero attached hydrogens (tertiary/aromatic N) is 4. The number of rotatable bonds is 4. The van der Waals surface area contributed by atoms with E-state index >= 15 is 0 Å². The van der Waals surface area contributed by atoms with Crippen molar-refractivity contribution in [3.63, 3.8) is 0 Å². The maximum absolute atomic E-state index is 5.72. The first-order valence-electron chi connectivity index (χ1n) is 6.76. The summed E-state index contributed by atoms with van der Waals surface area (Å²) >= 11 is 0. The van der Waals surface area contributed by atoms with Crippen LogP contribution in [0.2, 0.25) is 0 Å². The van der Waals surface area contributed by atoms with Crippen LogP contribution >= 0.6 is 0 Å². The Kier molecular flexibility index (Phi) is 4.37. The molecule has 0 amide bonds. The van der Waals surface area contributed by atoms with Crippen LogP contribution in [0.4, 0.5) is 0 Å². The summed E-state index contributed by atoms with van der Waals surface area (Å²) in [6, 6.07) is 2.68. The Bertz CT molecular complexity index is 379. The predicted molar refractivity (Wildman–Crippen MR) is 73.3 cm³/mol. The lowest BCUT2D eigenvalue weighted by atomic mass is 10.2. The second-order valence-electron chi connectivity index (χ2n) is 5.30. The third-order valence-corrected chi connectivity index (χ3v) is 3.86. The van der Waals surface area contributed by atoms with Crippen LogP contribution in [0.15, 0.2) is 6.07 Å². The van der Waals surface area contributed by atoms with Crippen molar-refractivity contribution >= 4 is 0 Å². The second-order valence-corrected chi connectivity index (χ2v) is 5.30. The summed E-state index contributed by atoms with van der Waals surface area (Å²) in [6.45, 7) is 10.5. The van der Waals surface area contributed by atoms with Gasteiger partial charge in [-0.3, -0.25) is 14.5 Å². The summed E-state index contributed by atoms with van der Waals surface area (Å²) in [5, 5.41) is 4.40. The zero-order valence-corrected chi connectivity index (χ0v) is 11.8. The average molecular weight is 251 g/mol. The van der Waals surface area contributed by atoms with Crippen LogP contribution < -0.4 is 5.73 Å². The molecule has 5 nitrogen and oxygen atoms in total. The van der Waals surface area contributed by atoms with Gasteiger partial charge < -0.3 is 5.73 Å². The van der Waals surface area contributed by atoms with Crippen molar-refractivity contribution in [2.45, 2.75) is 26.4 Å². The van der Waals surface area contributed by atoms with Crippen molar-refractivity contribution in [2.75, 3.05) is 32.7 Å². The molecular weight excluding hydrogens is 226 g/mol. The van der Waals surface area contributed by atoms with Gasteiger partial charge >= 0.3 is 0 Å². The van der Waals surface area contributed by atoms with Crippen molar-refractivity contribution in [3.8, 4) is 0 Å². The van der Waals surface area contributed by atoms with Crippen molar-refractivity contribution < 1.29 is 0 Å². The van der Waals surface area contributed by atoms with Gasteiger partial charge in [0.1, 0.15) is 0 Å². The molecule has 0 bridgehead atoms. The molecule has 1 fully saturated rings. The molecular formula is C13H25N5. The van der Waals surface area contributed by atoms with E-state index in [1.54, 1.807) is 0 Å². The van der Waals surface area contributed by atoms with Gasteiger partial charge in [-0.25, -0.2) is 0 Å². The second kappa shape index (κ2) is 5.82. The van der Waals surface area contributed by atoms with Crippen LogP contribution in [-0.2, 0) is 13.6 Å². The van der Waals surface area contributed by atoms with Crippen molar-refractivity contribution in [2.24, 2.45) is 12.8 Å². The lowest BCUT2D eigenvalue weighted by molar-refractivity contribution is 0.0989. The Hall–Kier alpha value is -0.910. The molecule has 5 heteroatoms. The van der Waals surface area contributed by atoms with Crippen LogP contribution in [0.5, 0.6) is 0 Å². The fourth-order valence-electron chi connectivity index (χ4n) is 2.55. The van der Waals surface area contributed by atoms with E-state index in [2.05, 4.69) is 27.9 Å². The van der Waals surface area contributed by atoms with Gasteiger partial charge in [-0.15, -0.1) is 0 Å². The van der Waals surface area contributed by atoms with Gasteiger partial charge in [0.25, 0.3) is 0 Å². The number of hydrogen-bond acceptors (Lipinski definition) is 4. The average Bonchev–Trinajstić information content (AvgIpc) is 2.68. The number of piperazine rings is 1. The standard InChI is InChI=1S/C13H25N5/c1-11-8-13(16(3)15-11)10-17-4-6-18(7-5-17)12(2)9-14/h8,12H,4-7,9-10,14H2,1-3H3. The molecule has 1 aliphatic heterocycles. The van der Waals surface area contributed by atoms with E-state index in [1.807, 2.05) is 18.7 Å². The zero-order valence-electron chi connectivity index (χ0n) is 11.8. The highest BCUT2D eigenvalue weighted by molar-refractivity contribution is 5.08. The lowest BCUT2D eigenvalue weighted by Crippen LogP contribution is -2.51. The minimum absolute atomic E-state index is 0.506. The SMILES string of the molecule is Cc1cc(CN2CCN(C(C)CN)CC2)n(C)n1. The molecule has 2 heterocycles. The smallest absolute Gasteiger partial charge is 0.0597 e. The van der Waals surface area contributed by atoms with Crippen LogP contribution in [0.3, 0.4) is 0 Å². The van der Waals surface area contributed by atoms with Gasteiger partial charge in [-0.2, -0.15) is 5.10 Å². The molecule has 1 unspecified atom stereocenters. The van der Waals surface area contributed by atoms with Crippen LogP contribution in [0.25, 0.3) is 0 Å². The monoisotopic (exact) mass is 251 g/mol. The normalized spacial score (nSPS) is 20.2. The number of nitrogens with two attached hydrogens (primary N) is 1. The van der Waals surface area contributed by atoms with E-state index < -0.39 is 0 Å². The highest BCUT2D eigenvalue weighted by Gasteiger charge is 2.20. The van der Waals surface area contributed by atoms with Gasteiger partial charge in [0, 0.05) is 52.4 Å². The molecule has 0 aromatic carbocycles. The summed E-state index contributed by atoms with van der Waals surface area (Å²) in [5.41, 5.74) is 8.12. The van der Waals surface area contributed by atoms with Crippen LogP contribution in [0.1, 0.15) is 18.3 Å². The third-order valence-electron chi connectivity index (χ3n) is 3.86. The summed E-state index contributed by atoms with van der Waals surface area (Å²) in [5.74, 6) is 0. The Morgan fingerprint density at radius 3 is 2.50 bits per heavy atom. The maximum atomic E-state index is 5.72. The first-order chi connectivity index (χ1) is 8.60. The Balaban J connectivity index is 1.85. The molecule has 2 rings (SSSR count). The summed E-state index contributed by atoms with van der Waals surface area (Å²) < 4.78 is 1.99. The van der Waals surface area contributed by atoms with E-state index in [4.69, 9.17) is 5.73 Å². The lowest BCUT2D eigenvalue weighted by Gasteiger charge is -2.37. The molecule has 0 saturated carbocycles. The molecule has 102 valence electrons. The summed E-state index contributed by atoms with van der Waals surface area (Å²) in [7, 11) is 2.02. The Morgan fingerprint density at radius 2 is 2.00 bits per heavy atom. The van der Waals surface area contributed by atoms with E-state index in [-0.39, 0.29) is 0 Å². The summed E-state index contributed by atoms with van der Waals surface area (Å²) in [4.78, 5) is 4.97. The molecule has 1 aromatic heterocycles. The van der Waals surface area contributed by atoms with E-state index in [9.17, 15) is 0 Å². The number of aryl methyl sites for hydroxylation is 2. The minimum atomic E-state index is 0.506. The summed E-state index contributed by atoms with van der Waals surface area (Å²) in [6.07, 6.45) is 0. The van der Waals surface area contributed by atoms with Gasteiger partial charge in [-0.05, 0) is 19.9 Å². The largest absolute Gasteiger partial charge is 0.329 e.